The van der Waals surface area contributed by atoms with Gasteiger partial charge in [-0.05, 0) is 91.0 Å². The summed E-state index contributed by atoms with van der Waals surface area (Å²) in [5.74, 6) is 0. The number of fused-ring (bicyclic) bond motifs is 2. The SMILES string of the molecule is Ic1ccc(SSc2ccc(I)c3ccccc23)c2ccccc12. The maximum absolute atomic E-state index is 2.41. The number of halogens is 2. The topological polar surface area (TPSA) is 0 Å². The molecule has 0 N–H and O–H groups in total. The van der Waals surface area contributed by atoms with Crippen LogP contribution in [0.2, 0.25) is 0 Å². The van der Waals surface area contributed by atoms with Crippen molar-refractivity contribution in [3.8, 4) is 0 Å². The summed E-state index contributed by atoms with van der Waals surface area (Å²) in [5.41, 5.74) is 0. The van der Waals surface area contributed by atoms with Gasteiger partial charge < -0.3 is 0 Å². The molecule has 0 radical (unpaired) electrons. The number of hydrogen-bond acceptors (Lipinski definition) is 2. The van der Waals surface area contributed by atoms with Crippen molar-refractivity contribution >= 4 is 88.3 Å². The Bertz CT molecular complexity index is 959. The van der Waals surface area contributed by atoms with Crippen molar-refractivity contribution in [3.05, 3.63) is 79.9 Å². The average Bonchev–Trinajstić information content (AvgIpc) is 2.63. The van der Waals surface area contributed by atoms with Crippen LogP contribution in [0.1, 0.15) is 0 Å². The Hall–Kier alpha value is -0.440. The second kappa shape index (κ2) is 7.43. The normalized spacial score (nSPS) is 11.2. The Morgan fingerprint density at radius 3 is 1.25 bits per heavy atom. The number of benzene rings is 4. The molecule has 0 bridgehead atoms. The van der Waals surface area contributed by atoms with Crippen LogP contribution < -0.4 is 0 Å². The molecule has 118 valence electrons. The quantitative estimate of drug-likeness (QED) is 0.181. The van der Waals surface area contributed by atoms with Crippen molar-refractivity contribution in [1.29, 1.82) is 0 Å². The van der Waals surface area contributed by atoms with Gasteiger partial charge in [-0.2, -0.15) is 0 Å². The first-order valence-electron chi connectivity index (χ1n) is 7.43. The van der Waals surface area contributed by atoms with Crippen molar-refractivity contribution in [3.63, 3.8) is 0 Å². The van der Waals surface area contributed by atoms with E-state index in [0.29, 0.717) is 0 Å². The molecule has 0 fully saturated rings. The first kappa shape index (κ1) is 17.0. The van der Waals surface area contributed by atoms with E-state index in [9.17, 15) is 0 Å². The fourth-order valence-corrected chi connectivity index (χ4v) is 6.38. The molecule has 0 aliphatic rings. The second-order valence-corrected chi connectivity index (χ2v) is 9.89. The molecule has 0 heterocycles. The largest absolute Gasteiger partial charge is 0.0616 e. The van der Waals surface area contributed by atoms with Crippen LogP contribution in [0.5, 0.6) is 0 Å². The van der Waals surface area contributed by atoms with E-state index < -0.39 is 0 Å². The first-order valence-corrected chi connectivity index (χ1v) is 11.7. The highest BCUT2D eigenvalue weighted by molar-refractivity contribution is 14.1. The van der Waals surface area contributed by atoms with Crippen LogP contribution in [0, 0.1) is 7.14 Å². The van der Waals surface area contributed by atoms with E-state index in [4.69, 9.17) is 0 Å². The highest BCUT2D eigenvalue weighted by Crippen LogP contribution is 2.44. The fourth-order valence-electron chi connectivity index (χ4n) is 2.70. The molecular weight excluding hydrogens is 558 g/mol. The molecule has 0 spiro atoms. The summed E-state index contributed by atoms with van der Waals surface area (Å²) in [7, 11) is 3.69. The highest BCUT2D eigenvalue weighted by Gasteiger charge is 2.08. The summed E-state index contributed by atoms with van der Waals surface area (Å²) in [5, 5.41) is 5.32. The van der Waals surface area contributed by atoms with Crippen LogP contribution in [0.4, 0.5) is 0 Å². The lowest BCUT2D eigenvalue weighted by Gasteiger charge is -2.10. The molecule has 4 aromatic carbocycles. The first-order chi connectivity index (χ1) is 11.7. The van der Waals surface area contributed by atoms with Crippen molar-refractivity contribution < 1.29 is 0 Å². The van der Waals surface area contributed by atoms with E-state index in [2.05, 4.69) is 118 Å². The van der Waals surface area contributed by atoms with Gasteiger partial charge in [0.2, 0.25) is 0 Å². The smallest absolute Gasteiger partial charge is 0.0265 e. The van der Waals surface area contributed by atoms with Crippen LogP contribution in [-0.4, -0.2) is 0 Å². The molecule has 0 amide bonds. The minimum absolute atomic E-state index is 1.30. The Morgan fingerprint density at radius 2 is 0.833 bits per heavy atom. The van der Waals surface area contributed by atoms with E-state index in [1.165, 1.54) is 38.5 Å². The monoisotopic (exact) mass is 570 g/mol. The van der Waals surface area contributed by atoms with Gasteiger partial charge in [0, 0.05) is 16.9 Å². The van der Waals surface area contributed by atoms with Crippen LogP contribution in [0.15, 0.2) is 82.6 Å². The van der Waals surface area contributed by atoms with Crippen molar-refractivity contribution in [2.24, 2.45) is 0 Å². The molecule has 0 saturated carbocycles. The molecule has 24 heavy (non-hydrogen) atoms. The minimum Gasteiger partial charge on any atom is -0.0616 e. The van der Waals surface area contributed by atoms with Gasteiger partial charge in [-0.15, -0.1) is 0 Å². The summed E-state index contributed by atoms with van der Waals surface area (Å²) in [6, 6.07) is 26.2. The lowest BCUT2D eigenvalue weighted by molar-refractivity contribution is 1.53. The molecule has 0 aliphatic heterocycles. The summed E-state index contributed by atoms with van der Waals surface area (Å²) < 4.78 is 2.61. The lowest BCUT2D eigenvalue weighted by atomic mass is 10.1. The Balaban J connectivity index is 1.72. The summed E-state index contributed by atoms with van der Waals surface area (Å²) in [4.78, 5) is 2.64. The third kappa shape index (κ3) is 3.30. The Morgan fingerprint density at radius 1 is 0.458 bits per heavy atom. The van der Waals surface area contributed by atoms with Gasteiger partial charge in [0.05, 0.1) is 0 Å². The predicted octanol–water partition coefficient (Wildman–Crippen LogP) is 8.00. The zero-order chi connectivity index (χ0) is 16.5. The number of hydrogen-bond donors (Lipinski definition) is 0. The zero-order valence-corrected chi connectivity index (χ0v) is 18.4. The third-order valence-electron chi connectivity index (χ3n) is 3.88. The molecular formula is C20H12I2S2. The van der Waals surface area contributed by atoms with E-state index in [0.717, 1.165) is 0 Å². The van der Waals surface area contributed by atoms with E-state index >= 15 is 0 Å². The van der Waals surface area contributed by atoms with Gasteiger partial charge >= 0.3 is 0 Å². The Labute approximate surface area is 176 Å². The number of rotatable bonds is 3. The molecule has 0 aliphatic carbocycles. The summed E-state index contributed by atoms with van der Waals surface area (Å²) in [6.07, 6.45) is 0. The zero-order valence-electron chi connectivity index (χ0n) is 12.5. The summed E-state index contributed by atoms with van der Waals surface area (Å²) in [6.45, 7) is 0. The maximum Gasteiger partial charge on any atom is 0.0265 e. The van der Waals surface area contributed by atoms with Gasteiger partial charge in [-0.1, -0.05) is 70.1 Å². The van der Waals surface area contributed by atoms with Crippen LogP contribution in [0.3, 0.4) is 0 Å². The van der Waals surface area contributed by atoms with Gasteiger partial charge in [0.1, 0.15) is 0 Å². The van der Waals surface area contributed by atoms with Gasteiger partial charge in [0.15, 0.2) is 0 Å². The van der Waals surface area contributed by atoms with E-state index in [1.54, 1.807) is 0 Å². The lowest BCUT2D eigenvalue weighted by Crippen LogP contribution is -1.82. The molecule has 0 nitrogen and oxygen atoms in total. The Kier molecular flexibility index (Phi) is 5.26. The molecule has 0 unspecified atom stereocenters. The molecule has 0 aromatic heterocycles. The minimum atomic E-state index is 1.30. The van der Waals surface area contributed by atoms with Crippen molar-refractivity contribution in [2.45, 2.75) is 9.79 Å². The maximum atomic E-state index is 2.41. The molecule has 0 saturated heterocycles. The molecule has 4 heteroatoms. The van der Waals surface area contributed by atoms with E-state index in [-0.39, 0.29) is 0 Å². The van der Waals surface area contributed by atoms with Crippen LogP contribution in [-0.2, 0) is 0 Å². The molecule has 0 atom stereocenters. The van der Waals surface area contributed by atoms with Gasteiger partial charge in [0.25, 0.3) is 0 Å². The van der Waals surface area contributed by atoms with Gasteiger partial charge in [-0.3, -0.25) is 0 Å². The third-order valence-corrected chi connectivity index (χ3v) is 8.25. The van der Waals surface area contributed by atoms with Crippen molar-refractivity contribution in [2.75, 3.05) is 0 Å². The summed E-state index contributed by atoms with van der Waals surface area (Å²) >= 11 is 4.83. The molecule has 4 aromatic rings. The highest BCUT2D eigenvalue weighted by atomic mass is 127. The second-order valence-electron chi connectivity index (χ2n) is 5.35. The standard InChI is InChI=1S/C20H12I2S2/c21-17-9-11-19(15-7-3-1-5-13(15)17)23-24-20-12-10-18(22)14-6-2-4-8-16(14)20/h1-12H. The van der Waals surface area contributed by atoms with Crippen LogP contribution in [0.25, 0.3) is 21.5 Å². The van der Waals surface area contributed by atoms with Crippen molar-refractivity contribution in [1.82, 2.24) is 0 Å². The van der Waals surface area contributed by atoms with E-state index in [1.807, 2.05) is 21.6 Å². The van der Waals surface area contributed by atoms with Crippen LogP contribution >= 0.6 is 66.8 Å². The molecule has 4 rings (SSSR count). The average molecular weight is 570 g/mol. The fraction of sp³-hybridized carbons (Fsp3) is 0. The predicted molar refractivity (Wildman–Crippen MR) is 125 cm³/mol. The van der Waals surface area contributed by atoms with Gasteiger partial charge in [-0.25, -0.2) is 0 Å².